The Morgan fingerprint density at radius 3 is 1.86 bits per heavy atom. The molecule has 0 fully saturated rings. The lowest BCUT2D eigenvalue weighted by molar-refractivity contribution is 0.258. The molecule has 0 saturated carbocycles. The lowest BCUT2D eigenvalue weighted by Gasteiger charge is -1.90. The third kappa shape index (κ3) is 2.06. The average molecular weight is 97.1 g/mol. The Labute approximate surface area is 44.3 Å². The van der Waals surface area contributed by atoms with Crippen LogP contribution in [-0.4, -0.2) is 7.11 Å². The van der Waals surface area contributed by atoms with E-state index in [2.05, 4.69) is 13.2 Å². The second-order valence-corrected chi connectivity index (χ2v) is 1.01. The molecular formula is C6H9O+. The van der Waals surface area contributed by atoms with Gasteiger partial charge >= 0.3 is 0 Å². The molecule has 7 heavy (non-hydrogen) atoms. The molecule has 0 radical (unpaired) electrons. The molecule has 0 aliphatic heterocycles. The van der Waals surface area contributed by atoms with Crippen LogP contribution in [0, 0.1) is 6.10 Å². The molecule has 0 atom stereocenters. The molecule has 0 amide bonds. The van der Waals surface area contributed by atoms with Crippen LogP contribution in [0.15, 0.2) is 25.3 Å². The van der Waals surface area contributed by atoms with Crippen LogP contribution in [0.5, 0.6) is 0 Å². The van der Waals surface area contributed by atoms with E-state index >= 15 is 0 Å². The lowest BCUT2D eigenvalue weighted by Crippen LogP contribution is -1.87. The SMILES string of the molecule is C=C[C+](C=C)OC. The van der Waals surface area contributed by atoms with Crippen molar-refractivity contribution in [3.05, 3.63) is 31.4 Å². The van der Waals surface area contributed by atoms with Crippen molar-refractivity contribution in [2.45, 2.75) is 0 Å². The third-order valence-corrected chi connectivity index (χ3v) is 0.638. The average Bonchev–Trinajstić information content (AvgIpc) is 1.72. The molecule has 0 bridgehead atoms. The number of hydrogen-bond acceptors (Lipinski definition) is 1. The highest BCUT2D eigenvalue weighted by atomic mass is 16.5. The third-order valence-electron chi connectivity index (χ3n) is 0.638. The van der Waals surface area contributed by atoms with Crippen molar-refractivity contribution in [3.8, 4) is 0 Å². The molecule has 1 nitrogen and oxygen atoms in total. The summed E-state index contributed by atoms with van der Waals surface area (Å²) in [5.74, 6) is 0. The maximum absolute atomic E-state index is 4.73. The van der Waals surface area contributed by atoms with E-state index < -0.39 is 0 Å². The summed E-state index contributed by atoms with van der Waals surface area (Å²) in [5.41, 5.74) is 0. The van der Waals surface area contributed by atoms with Crippen LogP contribution in [0.4, 0.5) is 0 Å². The number of ether oxygens (including phenoxy) is 1. The van der Waals surface area contributed by atoms with Crippen molar-refractivity contribution in [1.29, 1.82) is 0 Å². The molecule has 0 aliphatic carbocycles. The summed E-state index contributed by atoms with van der Waals surface area (Å²) in [6.07, 6.45) is 3.92. The summed E-state index contributed by atoms with van der Waals surface area (Å²) in [6, 6.07) is 0. The van der Waals surface area contributed by atoms with Crippen LogP contribution < -0.4 is 0 Å². The Morgan fingerprint density at radius 1 is 1.43 bits per heavy atom. The fraction of sp³-hybridized carbons (Fsp3) is 0.167. The molecule has 0 unspecified atom stereocenters. The molecule has 0 rings (SSSR count). The summed E-state index contributed by atoms with van der Waals surface area (Å²) in [5, 5.41) is 0. The van der Waals surface area contributed by atoms with Crippen molar-refractivity contribution < 1.29 is 4.74 Å². The van der Waals surface area contributed by atoms with Crippen LogP contribution in [0.1, 0.15) is 0 Å². The molecule has 0 aliphatic rings. The predicted molar refractivity (Wildman–Crippen MR) is 30.6 cm³/mol. The van der Waals surface area contributed by atoms with Crippen LogP contribution in [0.3, 0.4) is 0 Å². The Balaban J connectivity index is 3.36. The Kier molecular flexibility index (Phi) is 3.15. The van der Waals surface area contributed by atoms with E-state index in [9.17, 15) is 0 Å². The van der Waals surface area contributed by atoms with E-state index in [1.54, 1.807) is 19.3 Å². The summed E-state index contributed by atoms with van der Waals surface area (Å²) >= 11 is 0. The van der Waals surface area contributed by atoms with Crippen molar-refractivity contribution >= 4 is 0 Å². The molecule has 0 saturated heterocycles. The van der Waals surface area contributed by atoms with Gasteiger partial charge in [-0.25, -0.2) is 0 Å². The van der Waals surface area contributed by atoms with Crippen LogP contribution in [0.2, 0.25) is 0 Å². The summed E-state index contributed by atoms with van der Waals surface area (Å²) in [6.45, 7) is 6.94. The van der Waals surface area contributed by atoms with Gasteiger partial charge in [0.1, 0.15) is 0 Å². The first-order chi connectivity index (χ1) is 3.35. The number of hydrogen-bond donors (Lipinski definition) is 0. The molecule has 0 heterocycles. The van der Waals surface area contributed by atoms with Gasteiger partial charge in [-0.15, -0.1) is 0 Å². The minimum absolute atomic E-state index is 0.708. The van der Waals surface area contributed by atoms with Gasteiger partial charge in [-0.1, -0.05) is 0 Å². The van der Waals surface area contributed by atoms with E-state index in [1.807, 2.05) is 0 Å². The molecule has 1 heteroatoms. The highest BCUT2D eigenvalue weighted by Crippen LogP contribution is 1.99. The zero-order valence-electron chi connectivity index (χ0n) is 4.48. The van der Waals surface area contributed by atoms with Gasteiger partial charge in [0.15, 0.2) is 6.10 Å². The molecule has 0 spiro atoms. The largest absolute Gasteiger partial charge is 0.287 e. The monoisotopic (exact) mass is 97.1 g/mol. The first kappa shape index (κ1) is 6.31. The standard InChI is InChI=1S/C6H9O/c1-4-6(5-2)7-3/h4-5H,1-2H2,3H3/q+1. The van der Waals surface area contributed by atoms with Gasteiger partial charge < -0.3 is 0 Å². The topological polar surface area (TPSA) is 9.23 Å². The molecular weight excluding hydrogens is 88.1 g/mol. The van der Waals surface area contributed by atoms with Gasteiger partial charge in [0.05, 0.1) is 19.3 Å². The lowest BCUT2D eigenvalue weighted by atomic mass is 10.3. The second kappa shape index (κ2) is 3.50. The minimum Gasteiger partial charge on any atom is -0.287 e. The smallest absolute Gasteiger partial charge is 0.178 e. The van der Waals surface area contributed by atoms with Crippen LogP contribution in [-0.2, 0) is 4.74 Å². The Morgan fingerprint density at radius 2 is 1.86 bits per heavy atom. The quantitative estimate of drug-likeness (QED) is 0.485. The molecule has 0 N–H and O–H groups in total. The first-order valence-corrected chi connectivity index (χ1v) is 2.01. The van der Waals surface area contributed by atoms with Gasteiger partial charge in [-0.05, 0) is 13.2 Å². The van der Waals surface area contributed by atoms with Gasteiger partial charge in [0.2, 0.25) is 0 Å². The molecule has 0 aromatic rings. The minimum atomic E-state index is 0.708. The van der Waals surface area contributed by atoms with Crippen LogP contribution in [0.25, 0.3) is 0 Å². The van der Waals surface area contributed by atoms with Gasteiger partial charge in [-0.3, -0.25) is 4.74 Å². The molecule has 0 aromatic carbocycles. The van der Waals surface area contributed by atoms with Crippen LogP contribution >= 0.6 is 0 Å². The summed E-state index contributed by atoms with van der Waals surface area (Å²) < 4.78 is 4.73. The first-order valence-electron chi connectivity index (χ1n) is 2.01. The van der Waals surface area contributed by atoms with E-state index in [-0.39, 0.29) is 0 Å². The van der Waals surface area contributed by atoms with Gasteiger partial charge in [0.25, 0.3) is 0 Å². The van der Waals surface area contributed by atoms with Crippen molar-refractivity contribution in [1.82, 2.24) is 0 Å². The van der Waals surface area contributed by atoms with Crippen molar-refractivity contribution in [3.63, 3.8) is 0 Å². The van der Waals surface area contributed by atoms with Crippen molar-refractivity contribution in [2.24, 2.45) is 0 Å². The number of methoxy groups -OCH3 is 1. The summed E-state index contributed by atoms with van der Waals surface area (Å²) in [7, 11) is 1.58. The zero-order valence-corrected chi connectivity index (χ0v) is 4.48. The van der Waals surface area contributed by atoms with Gasteiger partial charge in [-0.2, -0.15) is 0 Å². The fourth-order valence-electron chi connectivity index (χ4n) is 0.250. The second-order valence-electron chi connectivity index (χ2n) is 1.01. The van der Waals surface area contributed by atoms with Crippen molar-refractivity contribution in [2.75, 3.05) is 7.11 Å². The molecule has 38 valence electrons. The normalized spacial score (nSPS) is 7.57. The van der Waals surface area contributed by atoms with E-state index in [0.717, 1.165) is 0 Å². The Hall–Kier alpha value is -0.690. The molecule has 0 aromatic heterocycles. The maximum Gasteiger partial charge on any atom is 0.178 e. The van der Waals surface area contributed by atoms with E-state index in [1.165, 1.54) is 0 Å². The predicted octanol–water partition coefficient (Wildman–Crippen LogP) is 1.54. The van der Waals surface area contributed by atoms with E-state index in [4.69, 9.17) is 4.74 Å². The highest BCUT2D eigenvalue weighted by Gasteiger charge is 1.97. The zero-order chi connectivity index (χ0) is 5.70. The maximum atomic E-state index is 4.73. The number of rotatable bonds is 3. The Bertz CT molecular complexity index is 58.6. The fourth-order valence-corrected chi connectivity index (χ4v) is 0.250. The summed E-state index contributed by atoms with van der Waals surface area (Å²) in [4.78, 5) is 0. The highest BCUT2D eigenvalue weighted by molar-refractivity contribution is 5.10. The van der Waals surface area contributed by atoms with E-state index in [0.29, 0.717) is 6.10 Å². The van der Waals surface area contributed by atoms with Gasteiger partial charge in [0, 0.05) is 0 Å².